The summed E-state index contributed by atoms with van der Waals surface area (Å²) in [4.78, 5) is 24.2. The van der Waals surface area contributed by atoms with E-state index in [9.17, 15) is 22.8 Å². The Kier molecular flexibility index (Phi) is 9.57. The van der Waals surface area contributed by atoms with Crippen molar-refractivity contribution in [1.29, 1.82) is 0 Å². The van der Waals surface area contributed by atoms with Crippen LogP contribution >= 0.6 is 0 Å². The van der Waals surface area contributed by atoms with E-state index >= 15 is 0 Å². The molecule has 0 radical (unpaired) electrons. The number of halogens is 3. The largest absolute Gasteiger partial charge is 0.490 e. The summed E-state index contributed by atoms with van der Waals surface area (Å²) in [5.41, 5.74) is 3.15. The second-order valence-electron chi connectivity index (χ2n) is 8.99. The van der Waals surface area contributed by atoms with E-state index in [0.29, 0.717) is 30.3 Å². The normalized spacial score (nSPS) is 11.4. The molecule has 0 saturated carbocycles. The summed E-state index contributed by atoms with van der Waals surface area (Å²) in [6, 6.07) is 23.7. The minimum absolute atomic E-state index is 0.00194. The highest BCUT2D eigenvalue weighted by Crippen LogP contribution is 2.31. The van der Waals surface area contributed by atoms with Crippen molar-refractivity contribution in [3.8, 4) is 11.5 Å². The summed E-state index contributed by atoms with van der Waals surface area (Å²) in [5.74, 6) is -0.0357. The number of carbonyl (C=O) groups is 2. The van der Waals surface area contributed by atoms with Gasteiger partial charge in [0.2, 0.25) is 11.8 Å². The van der Waals surface area contributed by atoms with Gasteiger partial charge >= 0.3 is 6.18 Å². The number of rotatable bonds is 11. The van der Waals surface area contributed by atoms with Crippen LogP contribution in [0.25, 0.3) is 10.8 Å². The molecule has 0 unspecified atom stereocenters. The number of anilines is 1. The monoisotopic (exact) mass is 563 g/mol. The van der Waals surface area contributed by atoms with Gasteiger partial charge in [-0.1, -0.05) is 48.5 Å². The number of hydrogen-bond acceptors (Lipinski definition) is 5. The molecule has 212 valence electrons. The number of hydrazone groups is 1. The molecule has 0 heterocycles. The number of amides is 2. The number of alkyl halides is 3. The molecule has 0 aromatic heterocycles. The van der Waals surface area contributed by atoms with Gasteiger partial charge in [-0.05, 0) is 65.2 Å². The van der Waals surface area contributed by atoms with E-state index in [0.717, 1.165) is 28.5 Å². The van der Waals surface area contributed by atoms with E-state index in [2.05, 4.69) is 15.8 Å². The highest BCUT2D eigenvalue weighted by Gasteiger charge is 2.30. The zero-order valence-corrected chi connectivity index (χ0v) is 22.2. The first-order valence-electron chi connectivity index (χ1n) is 12.9. The van der Waals surface area contributed by atoms with Crippen LogP contribution in [0.4, 0.5) is 18.9 Å². The third-order valence-electron chi connectivity index (χ3n) is 5.99. The summed E-state index contributed by atoms with van der Waals surface area (Å²) in [6.45, 7) is 2.63. The molecule has 0 aliphatic carbocycles. The zero-order valence-electron chi connectivity index (χ0n) is 22.2. The predicted octanol–water partition coefficient (Wildman–Crippen LogP) is 6.71. The Balaban J connectivity index is 1.29. The van der Waals surface area contributed by atoms with Crippen LogP contribution in [-0.4, -0.2) is 24.6 Å². The summed E-state index contributed by atoms with van der Waals surface area (Å²) in [7, 11) is 0. The van der Waals surface area contributed by atoms with Gasteiger partial charge < -0.3 is 14.8 Å². The molecular formula is C31H28F3N3O4. The molecule has 0 atom stereocenters. The van der Waals surface area contributed by atoms with Crippen molar-refractivity contribution in [1.82, 2.24) is 5.43 Å². The number of nitrogens with one attached hydrogen (secondary N) is 2. The number of ether oxygens (including phenoxy) is 2. The minimum atomic E-state index is -4.52. The van der Waals surface area contributed by atoms with Crippen molar-refractivity contribution in [3.05, 3.63) is 102 Å². The number of nitrogens with zero attached hydrogens (tertiary/aromatic N) is 1. The third-order valence-corrected chi connectivity index (χ3v) is 5.99. The molecule has 0 saturated heterocycles. The fourth-order valence-electron chi connectivity index (χ4n) is 4.02. The lowest BCUT2D eigenvalue weighted by atomic mass is 10.1. The Morgan fingerprint density at radius 2 is 1.61 bits per heavy atom. The quantitative estimate of drug-likeness (QED) is 0.157. The molecule has 2 N–H and O–H groups in total. The fraction of sp³-hybridized carbons (Fsp3) is 0.194. The van der Waals surface area contributed by atoms with E-state index in [1.807, 2.05) is 49.4 Å². The van der Waals surface area contributed by atoms with Crippen molar-refractivity contribution in [2.24, 2.45) is 5.10 Å². The van der Waals surface area contributed by atoms with Crippen molar-refractivity contribution in [2.75, 3.05) is 11.9 Å². The zero-order chi connectivity index (χ0) is 29.2. The van der Waals surface area contributed by atoms with Gasteiger partial charge in [-0.3, -0.25) is 9.59 Å². The van der Waals surface area contributed by atoms with E-state index in [4.69, 9.17) is 9.47 Å². The second-order valence-corrected chi connectivity index (χ2v) is 8.99. The van der Waals surface area contributed by atoms with Crippen LogP contribution < -0.4 is 20.2 Å². The first kappa shape index (κ1) is 29.1. The smallest absolute Gasteiger partial charge is 0.416 e. The average Bonchev–Trinajstić information content (AvgIpc) is 2.95. The molecule has 4 aromatic carbocycles. The predicted molar refractivity (Wildman–Crippen MR) is 151 cm³/mol. The van der Waals surface area contributed by atoms with Crippen molar-refractivity contribution < 1.29 is 32.2 Å². The van der Waals surface area contributed by atoms with Crippen LogP contribution in [0, 0.1) is 0 Å². The SMILES string of the molecule is CCOc1cc(C=NNC(=O)CCC(=O)Nc2cccc(C(F)(F)F)c2)ccc1OCc1cccc2ccccc12. The van der Waals surface area contributed by atoms with Crippen molar-refractivity contribution in [2.45, 2.75) is 32.5 Å². The Hall–Kier alpha value is -4.86. The number of benzene rings is 4. The number of fused-ring (bicyclic) bond motifs is 1. The molecule has 0 fully saturated rings. The van der Waals surface area contributed by atoms with E-state index in [1.54, 1.807) is 18.2 Å². The molecule has 41 heavy (non-hydrogen) atoms. The Bertz CT molecular complexity index is 1550. The summed E-state index contributed by atoms with van der Waals surface area (Å²) < 4.78 is 50.3. The van der Waals surface area contributed by atoms with E-state index < -0.39 is 23.6 Å². The van der Waals surface area contributed by atoms with Crippen LogP contribution in [-0.2, 0) is 22.4 Å². The van der Waals surface area contributed by atoms with Gasteiger partial charge in [-0.15, -0.1) is 0 Å². The van der Waals surface area contributed by atoms with E-state index in [1.165, 1.54) is 18.3 Å². The van der Waals surface area contributed by atoms with Gasteiger partial charge in [0.25, 0.3) is 0 Å². The number of carbonyl (C=O) groups excluding carboxylic acids is 2. The van der Waals surface area contributed by atoms with Crippen LogP contribution in [0.3, 0.4) is 0 Å². The van der Waals surface area contributed by atoms with E-state index in [-0.39, 0.29) is 18.5 Å². The molecular weight excluding hydrogens is 535 g/mol. The standard InChI is InChI=1S/C31H28F3N3O4/c1-2-40-28-17-21(13-14-27(28)41-20-23-9-5-8-22-7-3-4-12-26(22)23)19-35-37-30(39)16-15-29(38)36-25-11-6-10-24(18-25)31(32,33)34/h3-14,17-19H,2,15-16,20H2,1H3,(H,36,38)(H,37,39). The maximum absolute atomic E-state index is 12.8. The molecule has 4 aromatic rings. The summed E-state index contributed by atoms with van der Waals surface area (Å²) in [5, 5.41) is 8.52. The van der Waals surface area contributed by atoms with Gasteiger partial charge in [0.15, 0.2) is 11.5 Å². The van der Waals surface area contributed by atoms with Crippen LogP contribution in [0.15, 0.2) is 90.0 Å². The molecule has 7 nitrogen and oxygen atoms in total. The fourth-order valence-corrected chi connectivity index (χ4v) is 4.02. The van der Waals surface area contributed by atoms with Crippen molar-refractivity contribution in [3.63, 3.8) is 0 Å². The van der Waals surface area contributed by atoms with Gasteiger partial charge in [0.1, 0.15) is 6.61 Å². The summed E-state index contributed by atoms with van der Waals surface area (Å²) in [6.07, 6.45) is -3.52. The molecule has 10 heteroatoms. The Morgan fingerprint density at radius 3 is 2.41 bits per heavy atom. The molecule has 4 rings (SSSR count). The Morgan fingerprint density at radius 1 is 0.854 bits per heavy atom. The van der Waals surface area contributed by atoms with Gasteiger partial charge in [0, 0.05) is 18.5 Å². The lowest BCUT2D eigenvalue weighted by Gasteiger charge is -2.13. The number of hydrogen-bond donors (Lipinski definition) is 2. The highest BCUT2D eigenvalue weighted by atomic mass is 19.4. The molecule has 0 aliphatic heterocycles. The molecule has 2 amide bonds. The van der Waals surface area contributed by atoms with Gasteiger partial charge in [-0.25, -0.2) is 5.43 Å². The minimum Gasteiger partial charge on any atom is -0.490 e. The van der Waals surface area contributed by atoms with Crippen LogP contribution in [0.1, 0.15) is 36.5 Å². The van der Waals surface area contributed by atoms with Crippen LogP contribution in [0.5, 0.6) is 11.5 Å². The third kappa shape index (κ3) is 8.31. The lowest BCUT2D eigenvalue weighted by Crippen LogP contribution is -2.20. The maximum Gasteiger partial charge on any atom is 0.416 e. The van der Waals surface area contributed by atoms with Gasteiger partial charge in [0.05, 0.1) is 18.4 Å². The van der Waals surface area contributed by atoms with Crippen molar-refractivity contribution >= 4 is 34.5 Å². The molecule has 0 spiro atoms. The lowest BCUT2D eigenvalue weighted by molar-refractivity contribution is -0.137. The first-order valence-corrected chi connectivity index (χ1v) is 12.9. The highest BCUT2D eigenvalue weighted by molar-refractivity contribution is 5.93. The average molecular weight is 564 g/mol. The first-order chi connectivity index (χ1) is 19.7. The van der Waals surface area contributed by atoms with Gasteiger partial charge in [-0.2, -0.15) is 18.3 Å². The Labute approximate surface area is 235 Å². The topological polar surface area (TPSA) is 89.0 Å². The summed E-state index contributed by atoms with van der Waals surface area (Å²) >= 11 is 0. The second kappa shape index (κ2) is 13.5. The molecule has 0 aliphatic rings. The van der Waals surface area contributed by atoms with Crippen LogP contribution in [0.2, 0.25) is 0 Å². The maximum atomic E-state index is 12.8. The molecule has 0 bridgehead atoms.